The molecule has 0 spiro atoms. The maximum atomic E-state index is 11.6. The first-order chi connectivity index (χ1) is 9.53. The van der Waals surface area contributed by atoms with Gasteiger partial charge in [-0.25, -0.2) is 14.4 Å². The van der Waals surface area contributed by atoms with Crippen LogP contribution in [0.4, 0.5) is 10.5 Å². The van der Waals surface area contributed by atoms with Crippen LogP contribution in [-0.2, 0) is 4.74 Å². The molecule has 0 heterocycles. The van der Waals surface area contributed by atoms with E-state index in [0.29, 0.717) is 0 Å². The highest BCUT2D eigenvalue weighted by atomic mass is 16.6. The molecule has 0 unspecified atom stereocenters. The molecule has 0 aliphatic rings. The van der Waals surface area contributed by atoms with Crippen LogP contribution >= 0.6 is 0 Å². The lowest BCUT2D eigenvalue weighted by atomic mass is 10.0. The number of aromatic hydroxyl groups is 1. The molecule has 1 rings (SSSR count). The smallest absolute Gasteiger partial charge is 0.412 e. The van der Waals surface area contributed by atoms with Crippen molar-refractivity contribution < 1.29 is 34.4 Å². The van der Waals surface area contributed by atoms with Gasteiger partial charge < -0.3 is 20.1 Å². The number of hydrogen-bond acceptors (Lipinski definition) is 5. The predicted octanol–water partition coefficient (Wildman–Crippen LogP) is 2.14. The second-order valence-electron chi connectivity index (χ2n) is 5.12. The molecule has 21 heavy (non-hydrogen) atoms. The van der Waals surface area contributed by atoms with Crippen LogP contribution in [-0.4, -0.2) is 39.0 Å². The number of carboxylic acids is 2. The van der Waals surface area contributed by atoms with Crippen LogP contribution in [0.5, 0.6) is 5.75 Å². The Morgan fingerprint density at radius 3 is 2.00 bits per heavy atom. The van der Waals surface area contributed by atoms with E-state index in [-0.39, 0.29) is 5.69 Å². The summed E-state index contributed by atoms with van der Waals surface area (Å²) in [6, 6.07) is 2.05. The van der Waals surface area contributed by atoms with Gasteiger partial charge in [0.25, 0.3) is 0 Å². The number of phenols is 1. The monoisotopic (exact) mass is 297 g/mol. The molecule has 114 valence electrons. The zero-order valence-corrected chi connectivity index (χ0v) is 11.6. The normalized spacial score (nSPS) is 10.8. The third-order valence-corrected chi connectivity index (χ3v) is 2.25. The van der Waals surface area contributed by atoms with Gasteiger partial charge in [0.1, 0.15) is 22.5 Å². The van der Waals surface area contributed by atoms with Gasteiger partial charge in [-0.3, -0.25) is 5.32 Å². The predicted molar refractivity (Wildman–Crippen MR) is 71.9 cm³/mol. The highest BCUT2D eigenvalue weighted by Crippen LogP contribution is 2.28. The lowest BCUT2D eigenvalue weighted by molar-refractivity contribution is 0.0629. The van der Waals surface area contributed by atoms with E-state index >= 15 is 0 Å². The summed E-state index contributed by atoms with van der Waals surface area (Å²) in [4.78, 5) is 33.9. The van der Waals surface area contributed by atoms with Crippen LogP contribution in [0.15, 0.2) is 12.1 Å². The number of amides is 1. The average molecular weight is 297 g/mol. The molecule has 8 heteroatoms. The standard InChI is InChI=1S/C13H15NO7/c1-13(2,3)21-12(20)14-6-4-5-7(15)9(11(18)19)8(6)10(16)17/h4-5,15H,1-3H3,(H,14,20)(H,16,17)(H,18,19). The summed E-state index contributed by atoms with van der Waals surface area (Å²) in [5.74, 6) is -3.94. The van der Waals surface area contributed by atoms with Gasteiger partial charge in [0, 0.05) is 0 Å². The van der Waals surface area contributed by atoms with E-state index in [1.807, 2.05) is 0 Å². The van der Waals surface area contributed by atoms with Crippen LogP contribution in [0.25, 0.3) is 0 Å². The van der Waals surface area contributed by atoms with E-state index in [1.54, 1.807) is 20.8 Å². The molecule has 0 aromatic heterocycles. The molecule has 0 bridgehead atoms. The highest BCUT2D eigenvalue weighted by molar-refractivity contribution is 6.09. The molecule has 4 N–H and O–H groups in total. The SMILES string of the molecule is CC(C)(C)OC(=O)Nc1ccc(O)c(C(=O)O)c1C(=O)O. The van der Waals surface area contributed by atoms with E-state index < -0.39 is 40.5 Å². The van der Waals surface area contributed by atoms with Crippen LogP contribution in [0, 0.1) is 0 Å². The topological polar surface area (TPSA) is 133 Å². The fourth-order valence-electron chi connectivity index (χ4n) is 1.55. The number of carbonyl (C=O) groups is 3. The van der Waals surface area contributed by atoms with Crippen molar-refractivity contribution in [3.63, 3.8) is 0 Å². The Bertz CT molecular complexity index is 601. The number of carboxylic acid groups (broad SMARTS) is 2. The first kappa shape index (κ1) is 16.3. The molecule has 0 fully saturated rings. The van der Waals surface area contributed by atoms with Gasteiger partial charge in [-0.1, -0.05) is 0 Å². The molecule has 8 nitrogen and oxygen atoms in total. The number of benzene rings is 1. The molecular weight excluding hydrogens is 282 g/mol. The van der Waals surface area contributed by atoms with E-state index in [2.05, 4.69) is 5.32 Å². The Kier molecular flexibility index (Phi) is 4.42. The summed E-state index contributed by atoms with van der Waals surface area (Å²) >= 11 is 0. The third-order valence-electron chi connectivity index (χ3n) is 2.25. The molecule has 0 saturated carbocycles. The number of anilines is 1. The molecule has 0 aliphatic carbocycles. The van der Waals surface area contributed by atoms with Crippen molar-refractivity contribution in [1.29, 1.82) is 0 Å². The molecule has 0 saturated heterocycles. The molecule has 1 aromatic carbocycles. The Morgan fingerprint density at radius 1 is 1.05 bits per heavy atom. The maximum Gasteiger partial charge on any atom is 0.412 e. The van der Waals surface area contributed by atoms with E-state index in [0.717, 1.165) is 12.1 Å². The molecule has 1 aromatic rings. The van der Waals surface area contributed by atoms with Crippen LogP contribution in [0.2, 0.25) is 0 Å². The Morgan fingerprint density at radius 2 is 1.57 bits per heavy atom. The maximum absolute atomic E-state index is 11.6. The second-order valence-corrected chi connectivity index (χ2v) is 5.12. The van der Waals surface area contributed by atoms with E-state index in [4.69, 9.17) is 14.9 Å². The number of aromatic carboxylic acids is 2. The van der Waals surface area contributed by atoms with Gasteiger partial charge >= 0.3 is 18.0 Å². The van der Waals surface area contributed by atoms with Crippen LogP contribution < -0.4 is 5.32 Å². The number of carbonyl (C=O) groups excluding carboxylic acids is 1. The van der Waals surface area contributed by atoms with Gasteiger partial charge in [-0.15, -0.1) is 0 Å². The zero-order valence-electron chi connectivity index (χ0n) is 11.6. The van der Waals surface area contributed by atoms with Crippen molar-refractivity contribution in [2.45, 2.75) is 26.4 Å². The average Bonchev–Trinajstić information content (AvgIpc) is 2.27. The molecule has 0 atom stereocenters. The molecule has 1 amide bonds. The number of hydrogen-bond donors (Lipinski definition) is 4. The summed E-state index contributed by atoms with van der Waals surface area (Å²) in [6.07, 6.45) is -0.938. The summed E-state index contributed by atoms with van der Waals surface area (Å²) in [5, 5.41) is 29.7. The second kappa shape index (κ2) is 5.70. The minimum Gasteiger partial charge on any atom is -0.507 e. The van der Waals surface area contributed by atoms with E-state index in [1.165, 1.54) is 0 Å². The van der Waals surface area contributed by atoms with Gasteiger partial charge in [0.2, 0.25) is 0 Å². The number of ether oxygens (including phenoxy) is 1. The summed E-state index contributed by atoms with van der Waals surface area (Å²) < 4.78 is 4.95. The quantitative estimate of drug-likeness (QED) is 0.628. The van der Waals surface area contributed by atoms with Crippen LogP contribution in [0.3, 0.4) is 0 Å². The lowest BCUT2D eigenvalue weighted by Gasteiger charge is -2.20. The van der Waals surface area contributed by atoms with Crippen molar-refractivity contribution in [1.82, 2.24) is 0 Å². The van der Waals surface area contributed by atoms with Crippen molar-refractivity contribution >= 4 is 23.7 Å². The Balaban J connectivity index is 3.25. The summed E-state index contributed by atoms with van der Waals surface area (Å²) in [6.45, 7) is 4.85. The number of nitrogens with one attached hydrogen (secondary N) is 1. The fourth-order valence-corrected chi connectivity index (χ4v) is 1.55. The minimum absolute atomic E-state index is 0.285. The third kappa shape index (κ3) is 4.10. The lowest BCUT2D eigenvalue weighted by Crippen LogP contribution is -2.28. The van der Waals surface area contributed by atoms with Gasteiger partial charge in [0.05, 0.1) is 5.69 Å². The first-order valence-corrected chi connectivity index (χ1v) is 5.85. The summed E-state index contributed by atoms with van der Waals surface area (Å²) in [7, 11) is 0. The van der Waals surface area contributed by atoms with Crippen molar-refractivity contribution in [2.75, 3.05) is 5.32 Å². The largest absolute Gasteiger partial charge is 0.507 e. The van der Waals surface area contributed by atoms with E-state index in [9.17, 15) is 19.5 Å². The minimum atomic E-state index is -1.63. The Hall–Kier alpha value is -2.77. The summed E-state index contributed by atoms with van der Waals surface area (Å²) in [5.41, 5.74) is -2.63. The highest BCUT2D eigenvalue weighted by Gasteiger charge is 2.26. The molecule has 0 aliphatic heterocycles. The van der Waals surface area contributed by atoms with Crippen LogP contribution in [0.1, 0.15) is 41.5 Å². The zero-order chi connectivity index (χ0) is 16.4. The fraction of sp³-hybridized carbons (Fsp3) is 0.308. The van der Waals surface area contributed by atoms with Gasteiger partial charge in [0.15, 0.2) is 0 Å². The van der Waals surface area contributed by atoms with Gasteiger partial charge in [-0.05, 0) is 32.9 Å². The van der Waals surface area contributed by atoms with Crippen molar-refractivity contribution in [3.8, 4) is 5.75 Å². The van der Waals surface area contributed by atoms with Crippen molar-refractivity contribution in [2.24, 2.45) is 0 Å². The van der Waals surface area contributed by atoms with Crippen molar-refractivity contribution in [3.05, 3.63) is 23.3 Å². The first-order valence-electron chi connectivity index (χ1n) is 5.85. The molecular formula is C13H15NO7. The van der Waals surface area contributed by atoms with Gasteiger partial charge in [-0.2, -0.15) is 0 Å². The number of rotatable bonds is 3. The molecule has 0 radical (unpaired) electrons. The Labute approximate surface area is 120 Å².